The van der Waals surface area contributed by atoms with Crippen LogP contribution in [0.15, 0.2) is 12.4 Å². The number of ether oxygens (including phenoxy) is 1. The molecule has 8 nitrogen and oxygen atoms in total. The number of carbonyl (C=O) groups excluding carboxylic acids is 1. The van der Waals surface area contributed by atoms with Crippen LogP contribution in [-0.4, -0.2) is 59.5 Å². The van der Waals surface area contributed by atoms with Gasteiger partial charge in [-0.3, -0.25) is 9.48 Å². The summed E-state index contributed by atoms with van der Waals surface area (Å²) in [5.74, 6) is -0.592. The van der Waals surface area contributed by atoms with Gasteiger partial charge in [0.1, 0.15) is 6.54 Å². The zero-order chi connectivity index (χ0) is 17.5. The van der Waals surface area contributed by atoms with E-state index in [1.54, 1.807) is 24.1 Å². The predicted molar refractivity (Wildman–Crippen MR) is 86.7 cm³/mol. The normalized spacial score (nSPS) is 12.1. The molecule has 0 saturated carbocycles. The Morgan fingerprint density at radius 3 is 2.30 bits per heavy atom. The van der Waals surface area contributed by atoms with E-state index >= 15 is 0 Å². The smallest absolute Gasteiger partial charge is 0.321 e. The summed E-state index contributed by atoms with van der Waals surface area (Å²) in [6.07, 6.45) is 4.73. The fourth-order valence-electron chi connectivity index (χ4n) is 2.19. The summed E-state index contributed by atoms with van der Waals surface area (Å²) < 4.78 is 34.6. The average Bonchev–Trinajstić information content (AvgIpc) is 2.91. The third-order valence-corrected chi connectivity index (χ3v) is 5.18. The molecule has 1 aromatic rings. The van der Waals surface area contributed by atoms with Crippen molar-refractivity contribution < 1.29 is 17.9 Å². The molecule has 0 saturated heterocycles. The van der Waals surface area contributed by atoms with Crippen molar-refractivity contribution >= 4 is 16.2 Å². The van der Waals surface area contributed by atoms with Crippen LogP contribution in [-0.2, 0) is 33.3 Å². The monoisotopic (exact) mass is 346 g/mol. The molecule has 0 radical (unpaired) electrons. The van der Waals surface area contributed by atoms with Crippen LogP contribution in [0.5, 0.6) is 0 Å². The van der Waals surface area contributed by atoms with Crippen LogP contribution in [0.4, 0.5) is 0 Å². The highest BCUT2D eigenvalue weighted by Gasteiger charge is 2.31. The molecular weight excluding hydrogens is 320 g/mol. The van der Waals surface area contributed by atoms with Gasteiger partial charge in [-0.2, -0.15) is 22.1 Å². The first-order valence-corrected chi connectivity index (χ1v) is 9.04. The Morgan fingerprint density at radius 2 is 1.87 bits per heavy atom. The van der Waals surface area contributed by atoms with Crippen LogP contribution >= 0.6 is 0 Å². The lowest BCUT2D eigenvalue weighted by atomic mass is 10.3. The molecule has 0 aromatic carbocycles. The molecule has 0 N–H and O–H groups in total. The van der Waals surface area contributed by atoms with Gasteiger partial charge in [-0.05, 0) is 12.8 Å². The first kappa shape index (κ1) is 19.6. The number of rotatable bonds is 10. The Balaban J connectivity index is 3.06. The molecule has 0 unspecified atom stereocenters. The number of hydrogen-bond acceptors (Lipinski definition) is 5. The van der Waals surface area contributed by atoms with Gasteiger partial charge >= 0.3 is 5.97 Å². The van der Waals surface area contributed by atoms with Crippen molar-refractivity contribution in [3.8, 4) is 0 Å². The van der Waals surface area contributed by atoms with E-state index in [4.69, 9.17) is 0 Å². The van der Waals surface area contributed by atoms with Crippen LogP contribution < -0.4 is 0 Å². The third-order valence-electron chi connectivity index (χ3n) is 3.25. The van der Waals surface area contributed by atoms with E-state index in [9.17, 15) is 13.2 Å². The lowest BCUT2D eigenvalue weighted by Gasteiger charge is -2.28. The molecule has 0 aliphatic carbocycles. The Morgan fingerprint density at radius 1 is 1.26 bits per heavy atom. The number of nitrogens with zero attached hydrogens (tertiary/aromatic N) is 4. The third kappa shape index (κ3) is 5.60. The van der Waals surface area contributed by atoms with E-state index < -0.39 is 16.2 Å². The number of esters is 1. The van der Waals surface area contributed by atoms with Gasteiger partial charge in [0.05, 0.1) is 13.3 Å². The number of methoxy groups -OCH3 is 1. The maximum Gasteiger partial charge on any atom is 0.321 e. The molecule has 23 heavy (non-hydrogen) atoms. The topological polar surface area (TPSA) is 84.7 Å². The van der Waals surface area contributed by atoms with E-state index in [0.29, 0.717) is 31.5 Å². The Bertz CT molecular complexity index is 594. The minimum Gasteiger partial charge on any atom is -0.468 e. The zero-order valence-electron chi connectivity index (χ0n) is 14.2. The molecular formula is C14H26N4O4S. The Labute approximate surface area is 138 Å². The van der Waals surface area contributed by atoms with E-state index in [1.165, 1.54) is 11.4 Å². The number of aromatic nitrogens is 2. The maximum atomic E-state index is 12.9. The maximum absolute atomic E-state index is 12.9. The number of aryl methyl sites for hydroxylation is 1. The summed E-state index contributed by atoms with van der Waals surface area (Å²) in [7, 11) is -0.757. The molecule has 0 bridgehead atoms. The molecule has 0 atom stereocenters. The summed E-state index contributed by atoms with van der Waals surface area (Å²) in [5.41, 5.74) is 0.716. The Hall–Kier alpha value is -1.45. The van der Waals surface area contributed by atoms with E-state index in [-0.39, 0.29) is 13.1 Å². The van der Waals surface area contributed by atoms with E-state index in [2.05, 4.69) is 9.84 Å². The van der Waals surface area contributed by atoms with Crippen molar-refractivity contribution in [1.29, 1.82) is 0 Å². The van der Waals surface area contributed by atoms with Gasteiger partial charge in [0.25, 0.3) is 10.2 Å². The summed E-state index contributed by atoms with van der Waals surface area (Å²) in [4.78, 5) is 11.6. The number of carbonyl (C=O) groups is 1. The quantitative estimate of drug-likeness (QED) is 0.584. The Kier molecular flexibility index (Phi) is 7.66. The number of hydrogen-bond donors (Lipinski definition) is 0. The van der Waals surface area contributed by atoms with E-state index in [0.717, 1.165) is 4.31 Å². The van der Waals surface area contributed by atoms with Crippen molar-refractivity contribution in [3.05, 3.63) is 18.0 Å². The molecule has 1 aromatic heterocycles. The van der Waals surface area contributed by atoms with Gasteiger partial charge in [0.2, 0.25) is 0 Å². The zero-order valence-corrected chi connectivity index (χ0v) is 15.0. The first-order chi connectivity index (χ1) is 10.8. The molecule has 0 fully saturated rings. The van der Waals surface area contributed by atoms with Crippen LogP contribution in [0.3, 0.4) is 0 Å². The van der Waals surface area contributed by atoms with Gasteiger partial charge in [-0.1, -0.05) is 13.8 Å². The lowest BCUT2D eigenvalue weighted by molar-refractivity contribution is -0.140. The van der Waals surface area contributed by atoms with Crippen molar-refractivity contribution in [2.45, 2.75) is 33.2 Å². The minimum atomic E-state index is -3.75. The van der Waals surface area contributed by atoms with Crippen LogP contribution in [0, 0.1) is 0 Å². The first-order valence-electron chi connectivity index (χ1n) is 7.64. The second-order valence-corrected chi connectivity index (χ2v) is 7.20. The van der Waals surface area contributed by atoms with Crippen LogP contribution in [0.2, 0.25) is 0 Å². The van der Waals surface area contributed by atoms with Gasteiger partial charge < -0.3 is 4.74 Å². The standard InChI is InChI=1S/C14H26N4O4S/c1-5-7-17(8-6-2)23(20,21)18(12-14(19)22-4)11-13-9-15-16(3)10-13/h9-10H,5-8,11-12H2,1-4H3. The molecule has 132 valence electrons. The second kappa shape index (κ2) is 8.99. The van der Waals surface area contributed by atoms with Crippen LogP contribution in [0.1, 0.15) is 32.3 Å². The fourth-order valence-corrected chi connectivity index (χ4v) is 3.92. The molecule has 1 rings (SSSR count). The van der Waals surface area contributed by atoms with Gasteiger partial charge in [0, 0.05) is 38.4 Å². The van der Waals surface area contributed by atoms with Gasteiger partial charge in [0.15, 0.2) is 0 Å². The van der Waals surface area contributed by atoms with Crippen molar-refractivity contribution in [2.75, 3.05) is 26.7 Å². The second-order valence-electron chi connectivity index (χ2n) is 5.27. The highest BCUT2D eigenvalue weighted by molar-refractivity contribution is 7.86. The van der Waals surface area contributed by atoms with Crippen molar-refractivity contribution in [3.63, 3.8) is 0 Å². The highest BCUT2D eigenvalue weighted by atomic mass is 32.2. The van der Waals surface area contributed by atoms with Crippen molar-refractivity contribution in [1.82, 2.24) is 18.4 Å². The van der Waals surface area contributed by atoms with Gasteiger partial charge in [-0.25, -0.2) is 0 Å². The molecule has 0 spiro atoms. The summed E-state index contributed by atoms with van der Waals surface area (Å²) in [5, 5.41) is 4.03. The van der Waals surface area contributed by atoms with Crippen LogP contribution in [0.25, 0.3) is 0 Å². The molecule has 0 amide bonds. The largest absolute Gasteiger partial charge is 0.468 e. The fraction of sp³-hybridized carbons (Fsp3) is 0.714. The highest BCUT2D eigenvalue weighted by Crippen LogP contribution is 2.14. The van der Waals surface area contributed by atoms with E-state index in [1.807, 2.05) is 13.8 Å². The molecule has 0 aliphatic heterocycles. The lowest BCUT2D eigenvalue weighted by Crippen LogP contribution is -2.46. The SMILES string of the molecule is CCCN(CCC)S(=O)(=O)N(CC(=O)OC)Cc1cnn(C)c1. The average molecular weight is 346 g/mol. The molecule has 9 heteroatoms. The summed E-state index contributed by atoms with van der Waals surface area (Å²) in [6.45, 7) is 4.43. The summed E-state index contributed by atoms with van der Waals surface area (Å²) in [6, 6.07) is 0. The molecule has 0 aliphatic rings. The van der Waals surface area contributed by atoms with Gasteiger partial charge in [-0.15, -0.1) is 0 Å². The minimum absolute atomic E-state index is 0.0786. The van der Waals surface area contributed by atoms with Crippen molar-refractivity contribution in [2.24, 2.45) is 7.05 Å². The summed E-state index contributed by atoms with van der Waals surface area (Å²) >= 11 is 0. The predicted octanol–water partition coefficient (Wildman–Crippen LogP) is 0.762. The molecule has 1 heterocycles.